The predicted octanol–water partition coefficient (Wildman–Crippen LogP) is 7.38. The molecular formula is C29H26INO5S. The first-order chi connectivity index (χ1) is 17.9. The maximum atomic E-state index is 12.7. The minimum Gasteiger partial charge on any atom is -0.506 e. The lowest BCUT2D eigenvalue weighted by molar-refractivity contribution is -0.138. The van der Waals surface area contributed by atoms with Crippen LogP contribution in [0.15, 0.2) is 88.0 Å². The Labute approximate surface area is 234 Å². The van der Waals surface area contributed by atoms with Crippen LogP contribution in [0.3, 0.4) is 0 Å². The Bertz CT molecular complexity index is 1400. The average Bonchev–Trinajstić information content (AvgIpc) is 3.18. The summed E-state index contributed by atoms with van der Waals surface area (Å²) in [5, 5.41) is 11.4. The number of carbonyl (C=O) groups excluding carboxylic acids is 1. The van der Waals surface area contributed by atoms with Crippen molar-refractivity contribution in [2.45, 2.75) is 20.5 Å². The van der Waals surface area contributed by atoms with Crippen LogP contribution in [0.25, 0.3) is 6.08 Å². The molecule has 0 saturated carbocycles. The largest absolute Gasteiger partial charge is 0.506 e. The summed E-state index contributed by atoms with van der Waals surface area (Å²) in [6.07, 6.45) is 1.79. The number of hydrogen-bond acceptors (Lipinski definition) is 7. The van der Waals surface area contributed by atoms with Crippen LogP contribution in [0.5, 0.6) is 11.5 Å². The number of esters is 1. The molecule has 0 atom stereocenters. The number of aliphatic hydroxyl groups excluding tert-OH is 1. The Morgan fingerprint density at radius 3 is 2.59 bits per heavy atom. The van der Waals surface area contributed by atoms with E-state index in [-0.39, 0.29) is 17.9 Å². The summed E-state index contributed by atoms with van der Waals surface area (Å²) in [6.45, 7) is 4.37. The number of benzene rings is 3. The first-order valence-electron chi connectivity index (χ1n) is 11.6. The zero-order chi connectivity index (χ0) is 26.4. The molecule has 0 bridgehead atoms. The van der Waals surface area contributed by atoms with Gasteiger partial charge in [0.25, 0.3) is 0 Å². The summed E-state index contributed by atoms with van der Waals surface area (Å²) < 4.78 is 17.8. The Kier molecular flexibility index (Phi) is 8.94. The van der Waals surface area contributed by atoms with E-state index in [9.17, 15) is 9.90 Å². The number of aryl methyl sites for hydroxylation is 1. The van der Waals surface area contributed by atoms with Crippen molar-refractivity contribution < 1.29 is 24.1 Å². The second-order valence-corrected chi connectivity index (χ2v) is 10.3. The van der Waals surface area contributed by atoms with Crippen LogP contribution >= 0.6 is 34.4 Å². The Morgan fingerprint density at radius 1 is 1.11 bits per heavy atom. The topological polar surface area (TPSA) is 77.4 Å². The molecule has 4 rings (SSSR count). The van der Waals surface area contributed by atoms with Gasteiger partial charge in [-0.05, 0) is 77.9 Å². The van der Waals surface area contributed by atoms with Crippen molar-refractivity contribution in [2.24, 2.45) is 4.99 Å². The molecule has 0 aliphatic carbocycles. The number of aliphatic hydroxyl groups is 1. The third-order valence-corrected chi connectivity index (χ3v) is 7.19. The van der Waals surface area contributed by atoms with Crippen LogP contribution in [0, 0.1) is 10.5 Å². The first kappa shape index (κ1) is 26.8. The molecule has 0 aromatic heterocycles. The monoisotopic (exact) mass is 627 g/mol. The number of thioether (sulfide) groups is 1. The van der Waals surface area contributed by atoms with Gasteiger partial charge in [-0.15, -0.1) is 0 Å². The minimum atomic E-state index is -0.613. The molecule has 1 aliphatic rings. The number of para-hydroxylation sites is 1. The third kappa shape index (κ3) is 6.56. The normalized spacial score (nSPS) is 15.4. The molecule has 190 valence electrons. The third-order valence-electron chi connectivity index (χ3n) is 5.37. The summed E-state index contributed by atoms with van der Waals surface area (Å²) in [5.74, 6) is 0.440. The standard InChI is InChI=1S/C29H26INO5S/c1-4-35-29(33)25-26(32)24(37-28(25)31-21-11-6-5-7-12-21)16-20-14-22(30)27(23(15-20)34-3)36-17-19-10-8-9-18(2)13-19/h5-16,32H,4,17H2,1-3H3/b24-16-,31-28?. The molecule has 8 heteroatoms. The van der Waals surface area contributed by atoms with Gasteiger partial charge < -0.3 is 19.3 Å². The number of halogens is 1. The molecule has 0 fully saturated rings. The molecule has 0 amide bonds. The summed E-state index contributed by atoms with van der Waals surface area (Å²) in [7, 11) is 1.59. The van der Waals surface area contributed by atoms with Crippen LogP contribution in [-0.2, 0) is 16.1 Å². The van der Waals surface area contributed by atoms with Crippen molar-refractivity contribution >= 4 is 57.1 Å². The molecule has 6 nitrogen and oxygen atoms in total. The number of ether oxygens (including phenoxy) is 3. The highest BCUT2D eigenvalue weighted by molar-refractivity contribution is 14.1. The van der Waals surface area contributed by atoms with Crippen molar-refractivity contribution in [3.8, 4) is 11.5 Å². The number of methoxy groups -OCH3 is 1. The van der Waals surface area contributed by atoms with Crippen LogP contribution < -0.4 is 9.47 Å². The highest BCUT2D eigenvalue weighted by Crippen LogP contribution is 2.42. The van der Waals surface area contributed by atoms with E-state index in [1.165, 1.54) is 17.3 Å². The summed E-state index contributed by atoms with van der Waals surface area (Å²) in [5.41, 5.74) is 3.75. The smallest absolute Gasteiger partial charge is 0.344 e. The molecular weight excluding hydrogens is 601 g/mol. The van der Waals surface area contributed by atoms with Crippen molar-refractivity contribution in [1.29, 1.82) is 0 Å². The summed E-state index contributed by atoms with van der Waals surface area (Å²) in [6, 6.07) is 21.2. The van der Waals surface area contributed by atoms with Crippen molar-refractivity contribution in [2.75, 3.05) is 13.7 Å². The van der Waals surface area contributed by atoms with Crippen molar-refractivity contribution in [3.05, 3.63) is 103 Å². The molecule has 0 radical (unpaired) electrons. The molecule has 3 aromatic carbocycles. The number of nitrogens with zero attached hydrogens (tertiary/aromatic N) is 1. The fourth-order valence-electron chi connectivity index (χ4n) is 3.68. The number of carbonyl (C=O) groups is 1. The van der Waals surface area contributed by atoms with Crippen LogP contribution in [-0.4, -0.2) is 29.8 Å². The molecule has 0 unspecified atom stereocenters. The van der Waals surface area contributed by atoms with Gasteiger partial charge in [0.2, 0.25) is 0 Å². The summed E-state index contributed by atoms with van der Waals surface area (Å²) in [4.78, 5) is 17.7. The SMILES string of the molecule is CCOC(=O)C1=C(O)/C(=C/c2cc(I)c(OCc3cccc(C)c3)c(OC)c2)SC1=Nc1ccccc1. The quantitative estimate of drug-likeness (QED) is 0.208. The molecule has 1 N–H and O–H groups in total. The van der Waals surface area contributed by atoms with Gasteiger partial charge >= 0.3 is 5.97 Å². The Hall–Kier alpha value is -3.24. The highest BCUT2D eigenvalue weighted by atomic mass is 127. The lowest BCUT2D eigenvalue weighted by atomic mass is 10.1. The first-order valence-corrected chi connectivity index (χ1v) is 13.5. The molecule has 1 aliphatic heterocycles. The fourth-order valence-corrected chi connectivity index (χ4v) is 5.50. The van der Waals surface area contributed by atoms with Gasteiger partial charge in [-0.25, -0.2) is 9.79 Å². The molecule has 37 heavy (non-hydrogen) atoms. The van der Waals surface area contributed by atoms with Gasteiger partial charge in [0.15, 0.2) is 11.5 Å². The van der Waals surface area contributed by atoms with Gasteiger partial charge in [0, 0.05) is 0 Å². The van der Waals surface area contributed by atoms with Crippen LogP contribution in [0.2, 0.25) is 0 Å². The van der Waals surface area contributed by atoms with Gasteiger partial charge in [-0.2, -0.15) is 0 Å². The second kappa shape index (κ2) is 12.3. The molecule has 3 aromatic rings. The number of aliphatic imine (C=N–C) groups is 1. The van der Waals surface area contributed by atoms with Crippen molar-refractivity contribution in [1.82, 2.24) is 0 Å². The van der Waals surface area contributed by atoms with Crippen LogP contribution in [0.4, 0.5) is 5.69 Å². The lowest BCUT2D eigenvalue weighted by Gasteiger charge is -2.14. The molecule has 1 heterocycles. The predicted molar refractivity (Wildman–Crippen MR) is 157 cm³/mol. The van der Waals surface area contributed by atoms with Gasteiger partial charge in [0.1, 0.15) is 23.0 Å². The zero-order valence-corrected chi connectivity index (χ0v) is 23.6. The lowest BCUT2D eigenvalue weighted by Crippen LogP contribution is -2.12. The number of hydrogen-bond donors (Lipinski definition) is 1. The van der Waals surface area contributed by atoms with Gasteiger partial charge in [-0.1, -0.05) is 59.8 Å². The van der Waals surface area contributed by atoms with E-state index < -0.39 is 5.97 Å². The van der Waals surface area contributed by atoms with E-state index in [4.69, 9.17) is 14.2 Å². The molecule has 0 saturated heterocycles. The summed E-state index contributed by atoms with van der Waals surface area (Å²) >= 11 is 3.42. The van der Waals surface area contributed by atoms with E-state index in [0.717, 1.165) is 14.7 Å². The van der Waals surface area contributed by atoms with E-state index >= 15 is 0 Å². The fraction of sp³-hybridized carbons (Fsp3) is 0.172. The van der Waals surface area contributed by atoms with Crippen molar-refractivity contribution in [3.63, 3.8) is 0 Å². The van der Waals surface area contributed by atoms with E-state index in [1.54, 1.807) is 20.1 Å². The van der Waals surface area contributed by atoms with Crippen LogP contribution in [0.1, 0.15) is 23.6 Å². The zero-order valence-electron chi connectivity index (χ0n) is 20.7. The van der Waals surface area contributed by atoms with E-state index in [2.05, 4.69) is 33.6 Å². The van der Waals surface area contributed by atoms with E-state index in [1.807, 2.05) is 67.6 Å². The second-order valence-electron chi connectivity index (χ2n) is 8.12. The average molecular weight is 628 g/mol. The maximum absolute atomic E-state index is 12.7. The van der Waals surface area contributed by atoms with E-state index in [0.29, 0.717) is 33.7 Å². The molecule has 0 spiro atoms. The Balaban J connectivity index is 1.66. The highest BCUT2D eigenvalue weighted by Gasteiger charge is 2.33. The number of rotatable bonds is 8. The van der Waals surface area contributed by atoms with Gasteiger partial charge in [0.05, 0.1) is 27.9 Å². The van der Waals surface area contributed by atoms with Gasteiger partial charge in [-0.3, -0.25) is 0 Å². The maximum Gasteiger partial charge on any atom is 0.344 e. The Morgan fingerprint density at radius 2 is 1.89 bits per heavy atom. The minimum absolute atomic E-state index is 0.0572.